The highest BCUT2D eigenvalue weighted by Crippen LogP contribution is 2.10. The number of carbonyl (C=O) groups is 1. The van der Waals surface area contributed by atoms with E-state index in [0.717, 1.165) is 32.1 Å². The minimum absolute atomic E-state index is 0.378. The number of carboxylic acids is 1. The lowest BCUT2D eigenvalue weighted by atomic mass is 10.1. The minimum Gasteiger partial charge on any atom is -0.479 e. The van der Waals surface area contributed by atoms with Crippen LogP contribution in [-0.4, -0.2) is 22.3 Å². The number of hydrogen-bond donors (Lipinski definition) is 2. The zero-order valence-electron chi connectivity index (χ0n) is 14.4. The van der Waals surface area contributed by atoms with E-state index in [2.05, 4.69) is 19.1 Å². The van der Waals surface area contributed by atoms with Crippen LogP contribution in [0.25, 0.3) is 0 Å². The van der Waals surface area contributed by atoms with Crippen LogP contribution in [0.5, 0.6) is 0 Å². The normalized spacial score (nSPS) is 12.8. The molecule has 3 nitrogen and oxygen atoms in total. The van der Waals surface area contributed by atoms with Crippen molar-refractivity contribution in [1.82, 2.24) is 0 Å². The Morgan fingerprint density at radius 1 is 0.818 bits per heavy atom. The number of allylic oxidation sites excluding steroid dienone is 2. The maximum absolute atomic E-state index is 10.4. The zero-order valence-corrected chi connectivity index (χ0v) is 14.4. The molecule has 0 rings (SSSR count). The summed E-state index contributed by atoms with van der Waals surface area (Å²) >= 11 is 0. The van der Waals surface area contributed by atoms with Crippen LogP contribution in [0, 0.1) is 0 Å². The van der Waals surface area contributed by atoms with Crippen molar-refractivity contribution in [2.24, 2.45) is 0 Å². The van der Waals surface area contributed by atoms with Gasteiger partial charge in [-0.2, -0.15) is 0 Å². The van der Waals surface area contributed by atoms with Crippen LogP contribution < -0.4 is 0 Å². The van der Waals surface area contributed by atoms with Crippen molar-refractivity contribution in [3.8, 4) is 0 Å². The minimum atomic E-state index is -1.18. The average Bonchev–Trinajstić information content (AvgIpc) is 2.50. The molecule has 0 aromatic rings. The highest BCUT2D eigenvalue weighted by atomic mass is 16.4. The van der Waals surface area contributed by atoms with Crippen LogP contribution in [0.2, 0.25) is 0 Å². The third-order valence-electron chi connectivity index (χ3n) is 4.02. The topological polar surface area (TPSA) is 57.5 Å². The Morgan fingerprint density at radius 2 is 1.27 bits per heavy atom. The van der Waals surface area contributed by atoms with Crippen LogP contribution in [0.1, 0.15) is 96.8 Å². The van der Waals surface area contributed by atoms with Gasteiger partial charge in [-0.05, 0) is 32.1 Å². The third-order valence-corrected chi connectivity index (χ3v) is 4.02. The van der Waals surface area contributed by atoms with Gasteiger partial charge < -0.3 is 10.2 Å². The summed E-state index contributed by atoms with van der Waals surface area (Å²) in [5, 5.41) is 17.7. The Morgan fingerprint density at radius 3 is 1.77 bits per heavy atom. The summed E-state index contributed by atoms with van der Waals surface area (Å²) in [5.41, 5.74) is 0. The Hall–Kier alpha value is -0.830. The molecule has 1 atom stereocenters. The van der Waals surface area contributed by atoms with Crippen molar-refractivity contribution < 1.29 is 15.0 Å². The Balaban J connectivity index is 3.16. The maximum Gasteiger partial charge on any atom is 0.332 e. The monoisotopic (exact) mass is 312 g/mol. The first kappa shape index (κ1) is 21.2. The van der Waals surface area contributed by atoms with Gasteiger partial charge in [-0.3, -0.25) is 0 Å². The van der Waals surface area contributed by atoms with Crippen LogP contribution in [-0.2, 0) is 4.79 Å². The van der Waals surface area contributed by atoms with E-state index in [1.807, 2.05) is 0 Å². The van der Waals surface area contributed by atoms with Crippen LogP contribution in [0.3, 0.4) is 0 Å². The zero-order chi connectivity index (χ0) is 16.5. The van der Waals surface area contributed by atoms with Gasteiger partial charge in [0.1, 0.15) is 0 Å². The second kappa shape index (κ2) is 16.5. The summed E-state index contributed by atoms with van der Waals surface area (Å²) in [4.78, 5) is 10.4. The predicted molar refractivity (Wildman–Crippen MR) is 93.1 cm³/mol. The molecule has 0 spiro atoms. The second-order valence-electron chi connectivity index (χ2n) is 6.23. The fourth-order valence-corrected chi connectivity index (χ4v) is 2.53. The lowest BCUT2D eigenvalue weighted by Gasteiger charge is -2.04. The lowest BCUT2D eigenvalue weighted by Crippen LogP contribution is -2.18. The standard InChI is InChI=1S/C19H36O3/c1-2-3-4-5-6-7-8-9-10-11-12-13-14-15-16-17-18(20)19(21)22/h10-11,18,20H,2-9,12-17H2,1H3,(H,21,22)/b11-10-. The Bertz CT molecular complexity index is 274. The fraction of sp³-hybridized carbons (Fsp3) is 0.842. The van der Waals surface area contributed by atoms with Crippen LogP contribution in [0.4, 0.5) is 0 Å². The van der Waals surface area contributed by atoms with E-state index in [-0.39, 0.29) is 0 Å². The summed E-state index contributed by atoms with van der Waals surface area (Å²) in [6.07, 6.45) is 19.8. The number of rotatable bonds is 16. The van der Waals surface area contributed by atoms with Crippen molar-refractivity contribution >= 4 is 5.97 Å². The molecule has 0 radical (unpaired) electrons. The summed E-state index contributed by atoms with van der Waals surface area (Å²) in [6.45, 7) is 2.25. The molecular formula is C19H36O3. The molecule has 0 bridgehead atoms. The van der Waals surface area contributed by atoms with Gasteiger partial charge in [0.15, 0.2) is 6.10 Å². The number of hydrogen-bond acceptors (Lipinski definition) is 2. The number of unbranched alkanes of at least 4 members (excludes halogenated alkanes) is 11. The average molecular weight is 312 g/mol. The van der Waals surface area contributed by atoms with Gasteiger partial charge in [-0.25, -0.2) is 4.79 Å². The largest absolute Gasteiger partial charge is 0.479 e. The Kier molecular flexibility index (Phi) is 15.9. The molecule has 0 aliphatic carbocycles. The van der Waals surface area contributed by atoms with Crippen molar-refractivity contribution in [2.75, 3.05) is 0 Å². The second-order valence-corrected chi connectivity index (χ2v) is 6.23. The van der Waals surface area contributed by atoms with Gasteiger partial charge >= 0.3 is 5.97 Å². The molecule has 130 valence electrons. The molecule has 0 aliphatic rings. The first-order valence-electron chi connectivity index (χ1n) is 9.24. The van der Waals surface area contributed by atoms with Crippen molar-refractivity contribution in [2.45, 2.75) is 103 Å². The van der Waals surface area contributed by atoms with Crippen LogP contribution >= 0.6 is 0 Å². The quantitative estimate of drug-likeness (QED) is 0.293. The van der Waals surface area contributed by atoms with E-state index >= 15 is 0 Å². The molecule has 2 N–H and O–H groups in total. The number of aliphatic hydroxyl groups excluding tert-OH is 1. The molecule has 3 heteroatoms. The molecule has 0 aliphatic heterocycles. The lowest BCUT2D eigenvalue weighted by molar-refractivity contribution is -0.146. The van der Waals surface area contributed by atoms with Gasteiger partial charge in [-0.1, -0.05) is 76.9 Å². The van der Waals surface area contributed by atoms with Gasteiger partial charge in [0, 0.05) is 0 Å². The summed E-state index contributed by atoms with van der Waals surface area (Å²) in [7, 11) is 0. The summed E-state index contributed by atoms with van der Waals surface area (Å²) < 4.78 is 0. The number of carboxylic acid groups (broad SMARTS) is 1. The predicted octanol–water partition coefficient (Wildman–Crippen LogP) is 5.47. The van der Waals surface area contributed by atoms with Crippen molar-refractivity contribution in [3.63, 3.8) is 0 Å². The molecule has 22 heavy (non-hydrogen) atoms. The molecule has 0 aromatic carbocycles. The van der Waals surface area contributed by atoms with E-state index in [9.17, 15) is 4.79 Å². The first-order valence-corrected chi connectivity index (χ1v) is 9.24. The fourth-order valence-electron chi connectivity index (χ4n) is 2.53. The van der Waals surface area contributed by atoms with Crippen molar-refractivity contribution in [3.05, 3.63) is 12.2 Å². The summed E-state index contributed by atoms with van der Waals surface area (Å²) in [5.74, 6) is -1.10. The Labute approximate surface area is 136 Å². The molecule has 0 saturated heterocycles. The summed E-state index contributed by atoms with van der Waals surface area (Å²) in [6, 6.07) is 0. The molecule has 1 unspecified atom stereocenters. The highest BCUT2D eigenvalue weighted by Gasteiger charge is 2.11. The molecule has 0 fully saturated rings. The molecule has 0 heterocycles. The van der Waals surface area contributed by atoms with Gasteiger partial charge in [0.05, 0.1) is 0 Å². The van der Waals surface area contributed by atoms with E-state index in [1.165, 1.54) is 51.4 Å². The van der Waals surface area contributed by atoms with Gasteiger partial charge in [-0.15, -0.1) is 0 Å². The van der Waals surface area contributed by atoms with E-state index in [1.54, 1.807) is 0 Å². The first-order chi connectivity index (χ1) is 10.7. The molecular weight excluding hydrogens is 276 g/mol. The third kappa shape index (κ3) is 15.6. The van der Waals surface area contributed by atoms with E-state index in [0.29, 0.717) is 6.42 Å². The van der Waals surface area contributed by atoms with Crippen molar-refractivity contribution in [1.29, 1.82) is 0 Å². The van der Waals surface area contributed by atoms with Gasteiger partial charge in [0.2, 0.25) is 0 Å². The highest BCUT2D eigenvalue weighted by molar-refractivity contribution is 5.71. The SMILES string of the molecule is CCCCCCCCC/C=C\CCCCCCC(O)C(=O)O. The molecule has 0 amide bonds. The smallest absolute Gasteiger partial charge is 0.332 e. The molecule has 0 aromatic heterocycles. The molecule has 0 saturated carbocycles. The van der Waals surface area contributed by atoms with Gasteiger partial charge in [0.25, 0.3) is 0 Å². The number of aliphatic hydroxyl groups is 1. The van der Waals surface area contributed by atoms with E-state index < -0.39 is 12.1 Å². The van der Waals surface area contributed by atoms with E-state index in [4.69, 9.17) is 10.2 Å². The number of aliphatic carboxylic acids is 1. The maximum atomic E-state index is 10.4. The van der Waals surface area contributed by atoms with Crippen LogP contribution in [0.15, 0.2) is 12.2 Å².